The SMILES string of the molecule is CCCNC(=O)[C@@H](C)n1c(=O)n(Cc2ccccc2)c(=O)c2ccc(Cl)cc21. The first-order chi connectivity index (χ1) is 13.4. The normalized spacial score (nSPS) is 12.1. The Kier molecular flexibility index (Phi) is 5.99. The number of aromatic nitrogens is 2. The zero-order valence-electron chi connectivity index (χ0n) is 15.8. The Balaban J connectivity index is 2.23. The molecular formula is C21H22ClN3O3. The second kappa shape index (κ2) is 8.44. The van der Waals surface area contributed by atoms with E-state index >= 15 is 0 Å². The quantitative estimate of drug-likeness (QED) is 0.692. The van der Waals surface area contributed by atoms with Gasteiger partial charge < -0.3 is 5.32 Å². The maximum Gasteiger partial charge on any atom is 0.332 e. The van der Waals surface area contributed by atoms with Gasteiger partial charge in [-0.1, -0.05) is 48.9 Å². The van der Waals surface area contributed by atoms with Crippen LogP contribution in [-0.2, 0) is 11.3 Å². The van der Waals surface area contributed by atoms with Gasteiger partial charge in [-0.05, 0) is 37.1 Å². The van der Waals surface area contributed by atoms with Crippen molar-refractivity contribution in [2.75, 3.05) is 6.54 Å². The minimum atomic E-state index is -0.789. The van der Waals surface area contributed by atoms with Crippen LogP contribution in [0.5, 0.6) is 0 Å². The third-order valence-electron chi connectivity index (χ3n) is 4.63. The van der Waals surface area contributed by atoms with Crippen LogP contribution in [0, 0.1) is 0 Å². The second-order valence-corrected chi connectivity index (χ2v) is 7.09. The van der Waals surface area contributed by atoms with Gasteiger partial charge in [-0.25, -0.2) is 4.79 Å². The van der Waals surface area contributed by atoms with Gasteiger partial charge in [-0.15, -0.1) is 0 Å². The number of fused-ring (bicyclic) bond motifs is 1. The molecule has 7 heteroatoms. The van der Waals surface area contributed by atoms with Gasteiger partial charge in [0.1, 0.15) is 6.04 Å². The van der Waals surface area contributed by atoms with E-state index in [0.717, 1.165) is 16.6 Å². The van der Waals surface area contributed by atoms with Crippen molar-refractivity contribution in [3.63, 3.8) is 0 Å². The van der Waals surface area contributed by atoms with Gasteiger partial charge in [0.15, 0.2) is 0 Å². The number of amides is 1. The molecule has 1 atom stereocenters. The fourth-order valence-electron chi connectivity index (χ4n) is 3.14. The number of carbonyl (C=O) groups is 1. The van der Waals surface area contributed by atoms with Crippen LogP contribution >= 0.6 is 11.6 Å². The molecule has 0 fully saturated rings. The average Bonchev–Trinajstić information content (AvgIpc) is 2.69. The van der Waals surface area contributed by atoms with Crippen molar-refractivity contribution >= 4 is 28.4 Å². The molecule has 0 saturated heterocycles. The van der Waals surface area contributed by atoms with Crippen LogP contribution in [0.2, 0.25) is 5.02 Å². The third kappa shape index (κ3) is 3.87. The molecule has 6 nitrogen and oxygen atoms in total. The van der Waals surface area contributed by atoms with Crippen molar-refractivity contribution in [1.29, 1.82) is 0 Å². The molecule has 2 aromatic carbocycles. The van der Waals surface area contributed by atoms with E-state index < -0.39 is 17.3 Å². The van der Waals surface area contributed by atoms with Crippen molar-refractivity contribution in [1.82, 2.24) is 14.5 Å². The van der Waals surface area contributed by atoms with Gasteiger partial charge in [-0.2, -0.15) is 0 Å². The zero-order chi connectivity index (χ0) is 20.3. The van der Waals surface area contributed by atoms with Crippen LogP contribution in [-0.4, -0.2) is 21.6 Å². The zero-order valence-corrected chi connectivity index (χ0v) is 16.6. The van der Waals surface area contributed by atoms with Crippen LogP contribution in [0.3, 0.4) is 0 Å². The Hall–Kier alpha value is -2.86. The van der Waals surface area contributed by atoms with E-state index in [0.29, 0.717) is 22.5 Å². The van der Waals surface area contributed by atoms with Gasteiger partial charge in [0.05, 0.1) is 17.4 Å². The van der Waals surface area contributed by atoms with Crippen molar-refractivity contribution in [3.8, 4) is 0 Å². The monoisotopic (exact) mass is 399 g/mol. The lowest BCUT2D eigenvalue weighted by Gasteiger charge is -2.19. The van der Waals surface area contributed by atoms with E-state index in [2.05, 4.69) is 5.32 Å². The Morgan fingerprint density at radius 2 is 1.86 bits per heavy atom. The van der Waals surface area contributed by atoms with Crippen LogP contribution in [0.15, 0.2) is 58.1 Å². The summed E-state index contributed by atoms with van der Waals surface area (Å²) in [6, 6.07) is 13.2. The predicted octanol–water partition coefficient (Wildman–Crippen LogP) is 2.95. The lowest BCUT2D eigenvalue weighted by molar-refractivity contribution is -0.123. The number of nitrogens with zero attached hydrogens (tertiary/aromatic N) is 2. The number of benzene rings is 2. The first-order valence-corrected chi connectivity index (χ1v) is 9.58. The molecule has 0 saturated carbocycles. The molecule has 3 aromatic rings. The molecule has 146 valence electrons. The fourth-order valence-corrected chi connectivity index (χ4v) is 3.31. The van der Waals surface area contributed by atoms with E-state index in [1.54, 1.807) is 25.1 Å². The minimum absolute atomic E-state index is 0.125. The van der Waals surface area contributed by atoms with E-state index in [4.69, 9.17) is 11.6 Å². The Labute approximate surface area is 167 Å². The van der Waals surface area contributed by atoms with Crippen LogP contribution in [0.1, 0.15) is 31.9 Å². The van der Waals surface area contributed by atoms with E-state index in [9.17, 15) is 14.4 Å². The highest BCUT2D eigenvalue weighted by Gasteiger charge is 2.22. The summed E-state index contributed by atoms with van der Waals surface area (Å²) < 4.78 is 2.51. The molecule has 0 bridgehead atoms. The van der Waals surface area contributed by atoms with Crippen LogP contribution in [0.25, 0.3) is 10.9 Å². The summed E-state index contributed by atoms with van der Waals surface area (Å²) in [6.45, 7) is 4.23. The van der Waals surface area contributed by atoms with E-state index in [1.165, 1.54) is 4.57 Å². The Morgan fingerprint density at radius 1 is 1.14 bits per heavy atom. The highest BCUT2D eigenvalue weighted by atomic mass is 35.5. The van der Waals surface area contributed by atoms with Gasteiger partial charge in [0.2, 0.25) is 5.91 Å². The number of carbonyl (C=O) groups excluding carboxylic acids is 1. The lowest BCUT2D eigenvalue weighted by Crippen LogP contribution is -2.44. The van der Waals surface area contributed by atoms with Gasteiger partial charge in [0, 0.05) is 11.6 Å². The summed E-state index contributed by atoms with van der Waals surface area (Å²) in [6.07, 6.45) is 0.785. The maximum atomic E-state index is 13.2. The largest absolute Gasteiger partial charge is 0.354 e. The Bertz CT molecular complexity index is 1120. The predicted molar refractivity (Wildman–Crippen MR) is 111 cm³/mol. The number of halogens is 1. The van der Waals surface area contributed by atoms with Gasteiger partial charge in [0.25, 0.3) is 5.56 Å². The number of rotatable bonds is 6. The van der Waals surface area contributed by atoms with E-state index in [1.807, 2.05) is 37.3 Å². The average molecular weight is 400 g/mol. The Morgan fingerprint density at radius 3 is 2.54 bits per heavy atom. The number of hydrogen-bond acceptors (Lipinski definition) is 3. The first-order valence-electron chi connectivity index (χ1n) is 9.20. The molecule has 1 heterocycles. The molecular weight excluding hydrogens is 378 g/mol. The smallest absolute Gasteiger partial charge is 0.332 e. The van der Waals surface area contributed by atoms with Crippen molar-refractivity contribution in [2.45, 2.75) is 32.9 Å². The van der Waals surface area contributed by atoms with Crippen LogP contribution < -0.4 is 16.6 Å². The first kappa shape index (κ1) is 19.9. The molecule has 0 radical (unpaired) electrons. The summed E-state index contributed by atoms with van der Waals surface area (Å²) >= 11 is 6.11. The molecule has 0 unspecified atom stereocenters. The topological polar surface area (TPSA) is 73.1 Å². The summed E-state index contributed by atoms with van der Waals surface area (Å²) in [5.74, 6) is -0.282. The maximum absolute atomic E-state index is 13.2. The molecule has 1 aromatic heterocycles. The highest BCUT2D eigenvalue weighted by Crippen LogP contribution is 2.19. The minimum Gasteiger partial charge on any atom is -0.354 e. The molecule has 0 aliphatic carbocycles. The molecule has 1 amide bonds. The molecule has 0 spiro atoms. The number of nitrogens with one attached hydrogen (secondary N) is 1. The van der Waals surface area contributed by atoms with Crippen LogP contribution in [0.4, 0.5) is 0 Å². The third-order valence-corrected chi connectivity index (χ3v) is 4.87. The summed E-state index contributed by atoms with van der Waals surface area (Å²) in [5, 5.41) is 3.54. The summed E-state index contributed by atoms with van der Waals surface area (Å²) in [4.78, 5) is 38.8. The molecule has 3 rings (SSSR count). The van der Waals surface area contributed by atoms with E-state index in [-0.39, 0.29) is 12.5 Å². The molecule has 28 heavy (non-hydrogen) atoms. The highest BCUT2D eigenvalue weighted by molar-refractivity contribution is 6.31. The van der Waals surface area contributed by atoms with Gasteiger partial charge >= 0.3 is 5.69 Å². The number of hydrogen-bond donors (Lipinski definition) is 1. The second-order valence-electron chi connectivity index (χ2n) is 6.66. The fraction of sp³-hybridized carbons (Fsp3) is 0.286. The van der Waals surface area contributed by atoms with Crippen molar-refractivity contribution < 1.29 is 4.79 Å². The molecule has 0 aliphatic rings. The summed E-state index contributed by atoms with van der Waals surface area (Å²) in [7, 11) is 0. The molecule has 0 aliphatic heterocycles. The standard InChI is InChI=1S/C21H22ClN3O3/c1-3-11-23-19(26)14(2)25-18-12-16(22)9-10-17(18)20(27)24(21(25)28)13-15-7-5-4-6-8-15/h4-10,12,14H,3,11,13H2,1-2H3,(H,23,26)/t14-/m1/s1. The van der Waals surface area contributed by atoms with Crippen molar-refractivity contribution in [3.05, 3.63) is 80.0 Å². The summed E-state index contributed by atoms with van der Waals surface area (Å²) in [5.41, 5.74) is 0.233. The lowest BCUT2D eigenvalue weighted by atomic mass is 10.2. The van der Waals surface area contributed by atoms with Crippen molar-refractivity contribution in [2.24, 2.45) is 0 Å². The van der Waals surface area contributed by atoms with Gasteiger partial charge in [-0.3, -0.25) is 18.7 Å². The molecule has 1 N–H and O–H groups in total.